The van der Waals surface area contributed by atoms with E-state index in [-0.39, 0.29) is 11.2 Å². The van der Waals surface area contributed by atoms with Gasteiger partial charge in [-0.25, -0.2) is 4.79 Å². The van der Waals surface area contributed by atoms with Gasteiger partial charge < -0.3 is 5.32 Å². The number of hydrogen-bond donors (Lipinski definition) is 1. The molecule has 1 N–H and O–H groups in total. The van der Waals surface area contributed by atoms with E-state index >= 15 is 0 Å². The lowest BCUT2D eigenvalue weighted by atomic mass is 9.98. The topological polar surface area (TPSA) is 56.0 Å². The summed E-state index contributed by atoms with van der Waals surface area (Å²) in [6, 6.07) is 5.65. The zero-order valence-corrected chi connectivity index (χ0v) is 12.6. The second-order valence-corrected chi connectivity index (χ2v) is 5.97. The van der Waals surface area contributed by atoms with Gasteiger partial charge >= 0.3 is 5.69 Å². The zero-order valence-electron chi connectivity index (χ0n) is 12.6. The third-order valence-electron chi connectivity index (χ3n) is 4.41. The monoisotopic (exact) mass is 287 g/mol. The van der Waals surface area contributed by atoms with E-state index in [2.05, 4.69) is 5.32 Å². The molecule has 0 aliphatic carbocycles. The van der Waals surface area contributed by atoms with Crippen LogP contribution in [0.15, 0.2) is 27.8 Å². The van der Waals surface area contributed by atoms with E-state index in [0.717, 1.165) is 31.5 Å². The van der Waals surface area contributed by atoms with Gasteiger partial charge in [0.1, 0.15) is 0 Å². The molecule has 0 atom stereocenters. The average molecular weight is 287 g/mol. The molecule has 1 aromatic heterocycles. The first-order valence-corrected chi connectivity index (χ1v) is 7.49. The molecule has 3 rings (SSSR count). The average Bonchev–Trinajstić information content (AvgIpc) is 2.50. The minimum Gasteiger partial charge on any atom is -0.317 e. The molecular formula is C16H21N3O2. The number of hydrogen-bond acceptors (Lipinski definition) is 3. The van der Waals surface area contributed by atoms with Crippen molar-refractivity contribution >= 4 is 10.9 Å². The highest BCUT2D eigenvalue weighted by molar-refractivity contribution is 5.78. The van der Waals surface area contributed by atoms with E-state index in [0.29, 0.717) is 23.4 Å². The van der Waals surface area contributed by atoms with Crippen molar-refractivity contribution in [1.82, 2.24) is 14.5 Å². The third kappa shape index (κ3) is 2.53. The van der Waals surface area contributed by atoms with Gasteiger partial charge in [0.2, 0.25) is 0 Å². The molecule has 21 heavy (non-hydrogen) atoms. The van der Waals surface area contributed by atoms with E-state index in [1.165, 1.54) is 4.57 Å². The molecule has 0 bridgehead atoms. The Morgan fingerprint density at radius 2 is 1.95 bits per heavy atom. The van der Waals surface area contributed by atoms with Crippen LogP contribution >= 0.6 is 0 Å². The molecule has 2 aromatic rings. The molecule has 0 saturated carbocycles. The molecule has 1 aromatic carbocycles. The fraction of sp³-hybridized carbons (Fsp3) is 0.500. The molecule has 1 fully saturated rings. The Hall–Kier alpha value is -1.88. The summed E-state index contributed by atoms with van der Waals surface area (Å²) in [6.45, 7) is 4.41. The van der Waals surface area contributed by atoms with E-state index < -0.39 is 0 Å². The van der Waals surface area contributed by atoms with E-state index in [1.807, 2.05) is 25.1 Å². The van der Waals surface area contributed by atoms with Gasteiger partial charge in [0.25, 0.3) is 5.56 Å². The van der Waals surface area contributed by atoms with E-state index in [9.17, 15) is 9.59 Å². The minimum absolute atomic E-state index is 0.157. The van der Waals surface area contributed by atoms with Crippen LogP contribution in [0.25, 0.3) is 10.9 Å². The van der Waals surface area contributed by atoms with Gasteiger partial charge in [-0.1, -0.05) is 11.6 Å². The molecule has 0 radical (unpaired) electrons. The number of rotatable bonds is 2. The number of aryl methyl sites for hydroxylation is 2. The standard InChI is InChI=1S/C16H21N3O2/c1-11-3-4-14-13(9-11)15(20)19(16(21)18(14)2)10-12-5-7-17-8-6-12/h3-4,9,12,17H,5-8,10H2,1-2H3. The molecule has 1 aliphatic heterocycles. The molecule has 1 saturated heterocycles. The molecule has 0 spiro atoms. The third-order valence-corrected chi connectivity index (χ3v) is 4.41. The summed E-state index contributed by atoms with van der Waals surface area (Å²) in [5.74, 6) is 0.402. The summed E-state index contributed by atoms with van der Waals surface area (Å²) in [5, 5.41) is 3.94. The van der Waals surface area contributed by atoms with Crippen LogP contribution in [0.5, 0.6) is 0 Å². The van der Waals surface area contributed by atoms with Crippen LogP contribution in [0.2, 0.25) is 0 Å². The predicted octanol–water partition coefficient (Wildman–Crippen LogP) is 1.01. The first-order valence-electron chi connectivity index (χ1n) is 7.49. The molecule has 112 valence electrons. The van der Waals surface area contributed by atoms with E-state index in [4.69, 9.17) is 0 Å². The Bertz CT molecular complexity index is 782. The minimum atomic E-state index is -0.213. The summed E-state index contributed by atoms with van der Waals surface area (Å²) < 4.78 is 3.00. The van der Waals surface area contributed by atoms with Crippen molar-refractivity contribution in [1.29, 1.82) is 0 Å². The number of benzene rings is 1. The van der Waals surface area contributed by atoms with Crippen molar-refractivity contribution in [2.75, 3.05) is 13.1 Å². The van der Waals surface area contributed by atoms with Gasteiger partial charge in [-0.3, -0.25) is 13.9 Å². The van der Waals surface area contributed by atoms with Crippen molar-refractivity contribution in [2.24, 2.45) is 13.0 Å². The second kappa shape index (κ2) is 5.48. The Morgan fingerprint density at radius 3 is 2.67 bits per heavy atom. The van der Waals surface area contributed by atoms with Crippen LogP contribution in [0, 0.1) is 12.8 Å². The number of nitrogens with one attached hydrogen (secondary N) is 1. The SMILES string of the molecule is Cc1ccc2c(c1)c(=O)n(CC1CCNCC1)c(=O)n2C. The van der Waals surface area contributed by atoms with Crippen molar-refractivity contribution < 1.29 is 0 Å². The van der Waals surface area contributed by atoms with Crippen molar-refractivity contribution in [3.05, 3.63) is 44.6 Å². The smallest absolute Gasteiger partial charge is 0.317 e. The van der Waals surface area contributed by atoms with Crippen molar-refractivity contribution in [2.45, 2.75) is 26.3 Å². The van der Waals surface area contributed by atoms with Gasteiger partial charge in [-0.05, 0) is 50.9 Å². The quantitative estimate of drug-likeness (QED) is 0.897. The van der Waals surface area contributed by atoms with Crippen LogP contribution in [0.3, 0.4) is 0 Å². The Balaban J connectivity index is 2.13. The first-order chi connectivity index (χ1) is 10.1. The normalized spacial score (nSPS) is 16.5. The second-order valence-electron chi connectivity index (χ2n) is 5.97. The van der Waals surface area contributed by atoms with Gasteiger partial charge in [0.05, 0.1) is 10.9 Å². The van der Waals surface area contributed by atoms with Crippen molar-refractivity contribution in [3.8, 4) is 0 Å². The maximum absolute atomic E-state index is 12.7. The lowest BCUT2D eigenvalue weighted by Crippen LogP contribution is -2.42. The first kappa shape index (κ1) is 14.1. The maximum atomic E-state index is 12.7. The molecular weight excluding hydrogens is 266 g/mol. The number of aromatic nitrogens is 2. The summed E-state index contributed by atoms with van der Waals surface area (Å²) in [4.78, 5) is 25.1. The van der Waals surface area contributed by atoms with Crippen LogP contribution in [-0.4, -0.2) is 22.2 Å². The number of piperidine rings is 1. The molecule has 0 unspecified atom stereocenters. The predicted molar refractivity (Wildman–Crippen MR) is 83.8 cm³/mol. The number of fused-ring (bicyclic) bond motifs is 1. The Labute approximate surface area is 123 Å². The van der Waals surface area contributed by atoms with Crippen LogP contribution < -0.4 is 16.6 Å². The van der Waals surface area contributed by atoms with Gasteiger partial charge in [0.15, 0.2) is 0 Å². The van der Waals surface area contributed by atoms with Crippen molar-refractivity contribution in [3.63, 3.8) is 0 Å². The summed E-state index contributed by atoms with van der Waals surface area (Å²) >= 11 is 0. The Morgan fingerprint density at radius 1 is 1.24 bits per heavy atom. The Kier molecular flexibility index (Phi) is 3.68. The molecule has 2 heterocycles. The molecule has 5 nitrogen and oxygen atoms in total. The summed E-state index contributed by atoms with van der Waals surface area (Å²) in [6.07, 6.45) is 2.03. The molecule has 0 amide bonds. The van der Waals surface area contributed by atoms with Crippen LogP contribution in [-0.2, 0) is 13.6 Å². The van der Waals surface area contributed by atoms with Gasteiger partial charge in [0, 0.05) is 13.6 Å². The largest absolute Gasteiger partial charge is 0.331 e. The zero-order chi connectivity index (χ0) is 15.0. The lowest BCUT2D eigenvalue weighted by Gasteiger charge is -2.23. The lowest BCUT2D eigenvalue weighted by molar-refractivity contribution is 0.323. The molecule has 5 heteroatoms. The molecule has 1 aliphatic rings. The maximum Gasteiger partial charge on any atom is 0.331 e. The van der Waals surface area contributed by atoms with Crippen LogP contribution in [0.1, 0.15) is 18.4 Å². The van der Waals surface area contributed by atoms with Gasteiger partial charge in [-0.15, -0.1) is 0 Å². The number of nitrogens with zero attached hydrogens (tertiary/aromatic N) is 2. The van der Waals surface area contributed by atoms with Crippen LogP contribution in [0.4, 0.5) is 0 Å². The van der Waals surface area contributed by atoms with Gasteiger partial charge in [-0.2, -0.15) is 0 Å². The fourth-order valence-electron chi connectivity index (χ4n) is 3.11. The highest BCUT2D eigenvalue weighted by Crippen LogP contribution is 2.14. The fourth-order valence-corrected chi connectivity index (χ4v) is 3.11. The van der Waals surface area contributed by atoms with E-state index in [1.54, 1.807) is 11.6 Å². The highest BCUT2D eigenvalue weighted by atomic mass is 16.2. The summed E-state index contributed by atoms with van der Waals surface area (Å²) in [7, 11) is 1.73. The summed E-state index contributed by atoms with van der Waals surface area (Å²) in [5.41, 5.74) is 1.37. The highest BCUT2D eigenvalue weighted by Gasteiger charge is 2.17.